The number of nitrogens with zero attached hydrogens (tertiary/aromatic N) is 2. The number of hydrogen-bond acceptors (Lipinski definition) is 6. The first kappa shape index (κ1) is 16.3. The second kappa shape index (κ2) is 6.61. The number of anilines is 1. The van der Waals surface area contributed by atoms with E-state index < -0.39 is 0 Å². The van der Waals surface area contributed by atoms with Crippen LogP contribution in [0.4, 0.5) is 5.69 Å². The maximum atomic E-state index is 12.4. The molecule has 0 radical (unpaired) electrons. The first-order valence-electron chi connectivity index (χ1n) is 7.92. The van der Waals surface area contributed by atoms with E-state index in [2.05, 4.69) is 15.5 Å². The number of methoxy groups -OCH3 is 1. The van der Waals surface area contributed by atoms with Gasteiger partial charge in [0, 0.05) is 17.3 Å². The van der Waals surface area contributed by atoms with E-state index in [0.29, 0.717) is 11.4 Å². The van der Waals surface area contributed by atoms with Gasteiger partial charge < -0.3 is 14.6 Å². The third kappa shape index (κ3) is 3.16. The molecule has 7 heteroatoms. The lowest BCUT2D eigenvalue weighted by molar-refractivity contribution is 0.0988. The zero-order valence-electron chi connectivity index (χ0n) is 14.1. The first-order valence-corrected chi connectivity index (χ1v) is 8.74. The Labute approximate surface area is 153 Å². The third-order valence-electron chi connectivity index (χ3n) is 3.87. The molecule has 4 aromatic rings. The molecule has 1 N–H and O–H groups in total. The summed E-state index contributed by atoms with van der Waals surface area (Å²) in [6.07, 6.45) is 0. The van der Waals surface area contributed by atoms with Gasteiger partial charge in [0.15, 0.2) is 0 Å². The fraction of sp³-hybridized carbons (Fsp3) is 0.105. The van der Waals surface area contributed by atoms with Gasteiger partial charge in [0.05, 0.1) is 22.3 Å². The SMILES string of the molecule is COc1ccc(-c2cc(C(=O)Nc3ccc4sc(C)nc4c3)on2)cc1. The Morgan fingerprint density at radius 3 is 2.73 bits per heavy atom. The average Bonchev–Trinajstić information content (AvgIpc) is 3.27. The van der Waals surface area contributed by atoms with Crippen molar-refractivity contribution < 1.29 is 14.1 Å². The van der Waals surface area contributed by atoms with E-state index in [1.54, 1.807) is 24.5 Å². The Kier molecular flexibility index (Phi) is 4.14. The minimum atomic E-state index is -0.358. The summed E-state index contributed by atoms with van der Waals surface area (Å²) in [6, 6.07) is 14.6. The van der Waals surface area contributed by atoms with E-state index in [9.17, 15) is 4.79 Å². The van der Waals surface area contributed by atoms with Crippen molar-refractivity contribution in [2.24, 2.45) is 0 Å². The molecule has 0 saturated carbocycles. The lowest BCUT2D eigenvalue weighted by Crippen LogP contribution is -2.10. The van der Waals surface area contributed by atoms with Crippen LogP contribution in [-0.2, 0) is 0 Å². The van der Waals surface area contributed by atoms with Crippen molar-refractivity contribution in [2.45, 2.75) is 6.92 Å². The van der Waals surface area contributed by atoms with Crippen LogP contribution >= 0.6 is 11.3 Å². The smallest absolute Gasteiger partial charge is 0.294 e. The molecule has 0 spiro atoms. The summed E-state index contributed by atoms with van der Waals surface area (Å²) >= 11 is 1.62. The molecule has 2 heterocycles. The molecule has 0 aliphatic carbocycles. The molecule has 0 fully saturated rings. The lowest BCUT2D eigenvalue weighted by atomic mass is 10.1. The Balaban J connectivity index is 1.53. The Morgan fingerprint density at radius 2 is 1.96 bits per heavy atom. The van der Waals surface area contributed by atoms with Crippen LogP contribution in [0.1, 0.15) is 15.6 Å². The summed E-state index contributed by atoms with van der Waals surface area (Å²) in [5.41, 5.74) is 2.95. The van der Waals surface area contributed by atoms with Gasteiger partial charge in [-0.2, -0.15) is 0 Å². The average molecular weight is 365 g/mol. The minimum Gasteiger partial charge on any atom is -0.497 e. The molecule has 0 unspecified atom stereocenters. The first-order chi connectivity index (χ1) is 12.6. The number of nitrogens with one attached hydrogen (secondary N) is 1. The quantitative estimate of drug-likeness (QED) is 0.575. The van der Waals surface area contributed by atoms with Crippen molar-refractivity contribution in [3.8, 4) is 17.0 Å². The van der Waals surface area contributed by atoms with Crippen LogP contribution in [0.3, 0.4) is 0 Å². The maximum Gasteiger partial charge on any atom is 0.294 e. The number of carbonyl (C=O) groups is 1. The molecule has 6 nitrogen and oxygen atoms in total. The van der Waals surface area contributed by atoms with Gasteiger partial charge in [0.1, 0.15) is 11.4 Å². The highest BCUT2D eigenvalue weighted by atomic mass is 32.1. The second-order valence-corrected chi connectivity index (χ2v) is 6.91. The lowest BCUT2D eigenvalue weighted by Gasteiger charge is -2.02. The number of hydrogen-bond donors (Lipinski definition) is 1. The topological polar surface area (TPSA) is 77.2 Å². The predicted octanol–water partition coefficient (Wildman–Crippen LogP) is 4.52. The van der Waals surface area contributed by atoms with Gasteiger partial charge in [0.25, 0.3) is 5.91 Å². The highest BCUT2D eigenvalue weighted by molar-refractivity contribution is 7.18. The largest absolute Gasteiger partial charge is 0.497 e. The number of aryl methyl sites for hydroxylation is 1. The monoisotopic (exact) mass is 365 g/mol. The van der Waals surface area contributed by atoms with Gasteiger partial charge in [0.2, 0.25) is 5.76 Å². The van der Waals surface area contributed by atoms with Crippen LogP contribution in [0, 0.1) is 6.92 Å². The highest BCUT2D eigenvalue weighted by Crippen LogP contribution is 2.25. The zero-order valence-corrected chi connectivity index (χ0v) is 15.0. The highest BCUT2D eigenvalue weighted by Gasteiger charge is 2.15. The molecule has 26 heavy (non-hydrogen) atoms. The molecule has 0 bridgehead atoms. The number of thiazole rings is 1. The van der Waals surface area contributed by atoms with Crippen molar-refractivity contribution in [3.05, 3.63) is 59.3 Å². The standard InChI is InChI=1S/C19H15N3O3S/c1-11-20-16-9-13(5-8-18(16)26-11)21-19(23)17-10-15(22-25-17)12-3-6-14(24-2)7-4-12/h3-10H,1-2H3,(H,21,23). The van der Waals surface area contributed by atoms with Crippen molar-refractivity contribution in [3.63, 3.8) is 0 Å². The molecular formula is C19H15N3O3S. The molecular weight excluding hydrogens is 350 g/mol. The Morgan fingerprint density at radius 1 is 1.15 bits per heavy atom. The zero-order chi connectivity index (χ0) is 18.1. The summed E-state index contributed by atoms with van der Waals surface area (Å²) in [6.45, 7) is 1.96. The summed E-state index contributed by atoms with van der Waals surface area (Å²) in [4.78, 5) is 16.9. The van der Waals surface area contributed by atoms with Gasteiger partial charge >= 0.3 is 0 Å². The fourth-order valence-corrected chi connectivity index (χ4v) is 3.40. The van der Waals surface area contributed by atoms with E-state index in [4.69, 9.17) is 9.26 Å². The van der Waals surface area contributed by atoms with Crippen LogP contribution in [-0.4, -0.2) is 23.2 Å². The molecule has 0 saturated heterocycles. The second-order valence-electron chi connectivity index (χ2n) is 5.67. The number of ether oxygens (including phenoxy) is 1. The van der Waals surface area contributed by atoms with Crippen molar-refractivity contribution in [2.75, 3.05) is 12.4 Å². The van der Waals surface area contributed by atoms with Crippen molar-refractivity contribution in [1.29, 1.82) is 0 Å². The van der Waals surface area contributed by atoms with Crippen LogP contribution < -0.4 is 10.1 Å². The number of aromatic nitrogens is 2. The van der Waals surface area contributed by atoms with Crippen LogP contribution in [0.25, 0.3) is 21.5 Å². The number of amides is 1. The molecule has 2 aromatic carbocycles. The molecule has 4 rings (SSSR count). The summed E-state index contributed by atoms with van der Waals surface area (Å²) in [5, 5.41) is 7.77. The van der Waals surface area contributed by atoms with Gasteiger partial charge in [-0.25, -0.2) is 4.98 Å². The number of fused-ring (bicyclic) bond motifs is 1. The number of benzene rings is 2. The normalized spacial score (nSPS) is 10.8. The minimum absolute atomic E-state index is 0.144. The third-order valence-corrected chi connectivity index (χ3v) is 4.82. The summed E-state index contributed by atoms with van der Waals surface area (Å²) in [7, 11) is 1.61. The van der Waals surface area contributed by atoms with Gasteiger partial charge in [-0.1, -0.05) is 5.16 Å². The fourth-order valence-electron chi connectivity index (χ4n) is 2.59. The molecule has 0 aliphatic rings. The summed E-state index contributed by atoms with van der Waals surface area (Å²) in [5.74, 6) is 0.539. The molecule has 0 aliphatic heterocycles. The van der Waals surface area contributed by atoms with Crippen LogP contribution in [0.15, 0.2) is 53.1 Å². The Hall–Kier alpha value is -3.19. The van der Waals surface area contributed by atoms with E-state index in [0.717, 1.165) is 26.5 Å². The van der Waals surface area contributed by atoms with Crippen molar-refractivity contribution >= 4 is 33.1 Å². The van der Waals surface area contributed by atoms with Gasteiger partial charge in [-0.3, -0.25) is 4.79 Å². The van der Waals surface area contributed by atoms with Gasteiger partial charge in [-0.05, 0) is 49.4 Å². The molecule has 0 atom stereocenters. The van der Waals surface area contributed by atoms with E-state index >= 15 is 0 Å². The predicted molar refractivity (Wildman–Crippen MR) is 101 cm³/mol. The van der Waals surface area contributed by atoms with Crippen LogP contribution in [0.2, 0.25) is 0 Å². The molecule has 1 amide bonds. The summed E-state index contributed by atoms with van der Waals surface area (Å²) < 4.78 is 11.4. The number of rotatable bonds is 4. The van der Waals surface area contributed by atoms with Gasteiger partial charge in [-0.15, -0.1) is 11.3 Å². The number of carbonyl (C=O) groups excluding carboxylic acids is 1. The molecule has 130 valence electrons. The van der Waals surface area contributed by atoms with Crippen LogP contribution in [0.5, 0.6) is 5.75 Å². The van der Waals surface area contributed by atoms with Crippen molar-refractivity contribution in [1.82, 2.24) is 10.1 Å². The van der Waals surface area contributed by atoms with E-state index in [1.807, 2.05) is 49.4 Å². The molecule has 2 aromatic heterocycles. The Bertz CT molecular complexity index is 1080. The maximum absolute atomic E-state index is 12.4. The van der Waals surface area contributed by atoms with E-state index in [-0.39, 0.29) is 11.7 Å². The van der Waals surface area contributed by atoms with E-state index in [1.165, 1.54) is 0 Å².